The van der Waals surface area contributed by atoms with Crippen molar-refractivity contribution in [1.82, 2.24) is 24.1 Å². The van der Waals surface area contributed by atoms with E-state index >= 15 is 0 Å². The van der Waals surface area contributed by atoms with Crippen molar-refractivity contribution in [3.05, 3.63) is 170 Å². The van der Waals surface area contributed by atoms with E-state index in [0.29, 0.717) is 35.1 Å². The Morgan fingerprint density at radius 2 is 1.30 bits per heavy atom. The van der Waals surface area contributed by atoms with Crippen LogP contribution in [0.25, 0.3) is 51.0 Å². The van der Waals surface area contributed by atoms with Crippen molar-refractivity contribution >= 4 is 0 Å². The normalized spacial score (nSPS) is 11.2. The third kappa shape index (κ3) is 7.18. The molecule has 266 valence electrons. The van der Waals surface area contributed by atoms with Gasteiger partial charge < -0.3 is 19.3 Å². The molecule has 3 aromatic heterocycles. The van der Waals surface area contributed by atoms with Crippen LogP contribution in [0.5, 0.6) is 11.6 Å². The number of aromatic nitrogens is 6. The molecule has 0 fully saturated rings. The van der Waals surface area contributed by atoms with Crippen molar-refractivity contribution in [2.45, 2.75) is 39.5 Å². The van der Waals surface area contributed by atoms with Crippen LogP contribution in [0.2, 0.25) is 0 Å². The number of para-hydroxylation sites is 2. The molecule has 0 N–H and O–H groups in total. The predicted octanol–water partition coefficient (Wildman–Crippen LogP) is 9.93. The number of benzene rings is 5. The number of rotatable bonds is 10. The van der Waals surface area contributed by atoms with Crippen LogP contribution in [0.1, 0.15) is 50.7 Å². The number of hydrogen-bond acceptors (Lipinski definition) is 3. The van der Waals surface area contributed by atoms with Crippen LogP contribution in [0, 0.1) is 12.4 Å². The molecule has 0 spiro atoms. The first-order valence-electron chi connectivity index (χ1n) is 17.6. The minimum absolute atomic E-state index is 0. The zero-order valence-electron chi connectivity index (χ0n) is 29.9. The van der Waals surface area contributed by atoms with Gasteiger partial charge in [-0.3, -0.25) is 9.13 Å². The van der Waals surface area contributed by atoms with Crippen molar-refractivity contribution in [2.24, 2.45) is 0 Å². The van der Waals surface area contributed by atoms with E-state index in [4.69, 9.17) is 9.72 Å². The second kappa shape index (κ2) is 15.4. The zero-order valence-corrected chi connectivity index (χ0v) is 32.2. The van der Waals surface area contributed by atoms with Crippen molar-refractivity contribution in [3.63, 3.8) is 0 Å². The second-order valence-corrected chi connectivity index (χ2v) is 13.3. The largest absolute Gasteiger partial charge is 0.488 e. The van der Waals surface area contributed by atoms with Crippen LogP contribution in [-0.4, -0.2) is 19.1 Å². The quantitative estimate of drug-likeness (QED) is 0.102. The first-order chi connectivity index (χ1) is 25.4. The van der Waals surface area contributed by atoms with Gasteiger partial charge in [0, 0.05) is 51.6 Å². The number of ether oxygens (including phenoxy) is 1. The Hall–Kier alpha value is -5.78. The van der Waals surface area contributed by atoms with Crippen LogP contribution >= 0.6 is 0 Å². The topological polar surface area (TPSA) is 62.9 Å². The van der Waals surface area contributed by atoms with Crippen molar-refractivity contribution in [3.8, 4) is 62.6 Å². The minimum Gasteiger partial charge on any atom is -0.488 e. The van der Waals surface area contributed by atoms with Gasteiger partial charge in [0.1, 0.15) is 11.7 Å². The maximum absolute atomic E-state index is 6.23. The summed E-state index contributed by atoms with van der Waals surface area (Å²) in [4.78, 5) is 14.1. The fourth-order valence-electron chi connectivity index (χ4n) is 6.70. The zero-order chi connectivity index (χ0) is 35.6. The molecule has 0 saturated carbocycles. The monoisotopic (exact) mass is 873 g/mol. The van der Waals surface area contributed by atoms with E-state index in [9.17, 15) is 0 Å². The molecule has 7 nitrogen and oxygen atoms in total. The smallest absolute Gasteiger partial charge is 0.267 e. The van der Waals surface area contributed by atoms with Crippen LogP contribution < -0.4 is 14.3 Å². The van der Waals surface area contributed by atoms with E-state index in [2.05, 4.69) is 140 Å². The molecule has 0 aliphatic rings. The average Bonchev–Trinajstić information content (AvgIpc) is 3.97. The summed E-state index contributed by atoms with van der Waals surface area (Å²) in [5.74, 6) is 2.72. The molecular formula is C45H38N6OPt-2. The molecule has 0 aliphatic heterocycles. The first-order valence-corrected chi connectivity index (χ1v) is 17.6. The Morgan fingerprint density at radius 1 is 0.679 bits per heavy atom. The molecule has 0 aliphatic carbocycles. The second-order valence-electron chi connectivity index (χ2n) is 13.3. The van der Waals surface area contributed by atoms with E-state index in [-0.39, 0.29) is 21.1 Å². The Kier molecular flexibility index (Phi) is 10.4. The summed E-state index contributed by atoms with van der Waals surface area (Å²) in [6, 6.07) is 43.0. The number of nitrogens with zero attached hydrogens (tertiary/aromatic N) is 6. The number of imidazole rings is 3. The molecular weight excluding hydrogens is 836 g/mol. The molecule has 0 amide bonds. The molecule has 53 heavy (non-hydrogen) atoms. The Balaban J connectivity index is 0.00000435. The van der Waals surface area contributed by atoms with E-state index in [1.165, 1.54) is 11.1 Å². The molecule has 0 unspecified atom stereocenters. The third-order valence-corrected chi connectivity index (χ3v) is 9.19. The molecule has 5 aromatic carbocycles. The van der Waals surface area contributed by atoms with Gasteiger partial charge in [-0.2, -0.15) is 12.1 Å². The predicted molar refractivity (Wildman–Crippen MR) is 204 cm³/mol. The summed E-state index contributed by atoms with van der Waals surface area (Å²) in [7, 11) is 0. The van der Waals surface area contributed by atoms with E-state index < -0.39 is 0 Å². The van der Waals surface area contributed by atoms with E-state index in [1.807, 2.05) is 58.1 Å². The van der Waals surface area contributed by atoms with E-state index in [1.54, 1.807) is 12.4 Å². The molecule has 8 heteroatoms. The summed E-state index contributed by atoms with van der Waals surface area (Å²) in [6.45, 7) is 8.86. The maximum atomic E-state index is 6.23. The summed E-state index contributed by atoms with van der Waals surface area (Å²) >= 11 is 0. The van der Waals surface area contributed by atoms with Gasteiger partial charge in [-0.15, -0.1) is 12.1 Å². The van der Waals surface area contributed by atoms with Crippen LogP contribution in [0.15, 0.2) is 146 Å². The Bertz CT molecular complexity index is 2380. The fourth-order valence-corrected chi connectivity index (χ4v) is 6.70. The van der Waals surface area contributed by atoms with Crippen LogP contribution in [0.4, 0.5) is 0 Å². The maximum Gasteiger partial charge on any atom is 0.267 e. The third-order valence-electron chi connectivity index (χ3n) is 9.19. The Labute approximate surface area is 324 Å². The molecule has 3 heterocycles. The molecule has 0 saturated heterocycles. The molecule has 0 bridgehead atoms. The van der Waals surface area contributed by atoms with Crippen molar-refractivity contribution < 1.29 is 30.4 Å². The standard InChI is InChI=1S/C45H38N6O.Pt/c1-31(2)37-20-12-21-38(32(3)4)43(37)51-25-24-46-45(51)44-47-29-41(48-44)52-36-19-11-18-35(28-36)49-26-27-50(30-49)42-39(33-14-7-5-8-15-33)22-13-23-40(42)34-16-9-6-10-17-34;/h5-27,29,31-32H,1-4H3;/q-2;. The summed E-state index contributed by atoms with van der Waals surface area (Å²) in [6.07, 6.45) is 12.9. The van der Waals surface area contributed by atoms with E-state index in [0.717, 1.165) is 39.3 Å². The molecule has 8 aromatic rings. The SMILES string of the molecule is CC(C)c1cccc(C(C)C)c1-n1ccnc1-c1ncc(Oc2[c-]c(-[n+]3[c-]n(-c4c(-c5ccccc5)cccc4-c4ccccc4)cc3)ccc2)[n-]1.[Pt]. The molecule has 0 radical (unpaired) electrons. The summed E-state index contributed by atoms with van der Waals surface area (Å²) in [5, 5.41) is 0. The van der Waals surface area contributed by atoms with Gasteiger partial charge in [-0.05, 0) is 62.9 Å². The van der Waals surface area contributed by atoms with Gasteiger partial charge in [0.25, 0.3) is 6.33 Å². The average molecular weight is 874 g/mol. The van der Waals surface area contributed by atoms with Crippen LogP contribution in [-0.2, 0) is 21.1 Å². The summed E-state index contributed by atoms with van der Waals surface area (Å²) in [5.41, 5.74) is 9.95. The van der Waals surface area contributed by atoms with Gasteiger partial charge in [-0.25, -0.2) is 4.98 Å². The van der Waals surface area contributed by atoms with Gasteiger partial charge >= 0.3 is 0 Å². The van der Waals surface area contributed by atoms with Crippen molar-refractivity contribution in [2.75, 3.05) is 0 Å². The number of hydrogen-bond donors (Lipinski definition) is 0. The molecule has 8 rings (SSSR count). The van der Waals surface area contributed by atoms with Gasteiger partial charge in [0.05, 0.1) is 11.4 Å². The van der Waals surface area contributed by atoms with Gasteiger partial charge in [-0.1, -0.05) is 125 Å². The van der Waals surface area contributed by atoms with Crippen LogP contribution in [0.3, 0.4) is 0 Å². The minimum atomic E-state index is 0. The van der Waals surface area contributed by atoms with Crippen molar-refractivity contribution in [1.29, 1.82) is 0 Å². The summed E-state index contributed by atoms with van der Waals surface area (Å²) < 4.78 is 12.3. The molecule has 0 atom stereocenters. The fraction of sp³-hybridized carbons (Fsp3) is 0.133. The van der Waals surface area contributed by atoms with Gasteiger partial charge in [0.2, 0.25) is 0 Å². The Morgan fingerprint density at radius 3 is 1.94 bits per heavy atom. The van der Waals surface area contributed by atoms with Gasteiger partial charge in [0.15, 0.2) is 0 Å². The first kappa shape index (κ1) is 35.6.